The summed E-state index contributed by atoms with van der Waals surface area (Å²) in [4.78, 5) is 2.40. The van der Waals surface area contributed by atoms with E-state index in [1.807, 2.05) is 18.2 Å². The minimum Gasteiger partial charge on any atom is -0.380 e. The first kappa shape index (κ1) is 14.0. The molecule has 0 N–H and O–H groups in total. The van der Waals surface area contributed by atoms with Crippen molar-refractivity contribution in [3.05, 3.63) is 35.9 Å². The molecular weight excluding hydrogens is 236 g/mol. The highest BCUT2D eigenvalue weighted by molar-refractivity contribution is 5.20. The molecule has 0 saturated carbocycles. The summed E-state index contributed by atoms with van der Waals surface area (Å²) in [5, 5.41) is 9.10. The molecule has 0 bridgehead atoms. The summed E-state index contributed by atoms with van der Waals surface area (Å²) in [6, 6.07) is 12.8. The van der Waals surface area contributed by atoms with Crippen LogP contribution in [0.3, 0.4) is 0 Å². The Kier molecular flexibility index (Phi) is 4.95. The zero-order valence-corrected chi connectivity index (χ0v) is 11.7. The smallest absolute Gasteiger partial charge is 0.0724 e. The van der Waals surface area contributed by atoms with Gasteiger partial charge in [-0.25, -0.2) is 0 Å². The summed E-state index contributed by atoms with van der Waals surface area (Å²) in [6.45, 7) is 4.20. The Balaban J connectivity index is 2.14. The molecule has 102 valence electrons. The van der Waals surface area contributed by atoms with E-state index >= 15 is 0 Å². The molecule has 0 spiro atoms. The van der Waals surface area contributed by atoms with Crippen LogP contribution in [0.25, 0.3) is 0 Å². The van der Waals surface area contributed by atoms with Crippen molar-refractivity contribution < 1.29 is 4.74 Å². The van der Waals surface area contributed by atoms with Gasteiger partial charge in [0.1, 0.15) is 0 Å². The van der Waals surface area contributed by atoms with E-state index in [9.17, 15) is 0 Å². The van der Waals surface area contributed by atoms with Crippen LogP contribution in [-0.4, -0.2) is 31.2 Å². The molecule has 3 nitrogen and oxygen atoms in total. The summed E-state index contributed by atoms with van der Waals surface area (Å²) < 4.78 is 5.57. The van der Waals surface area contributed by atoms with Crippen LogP contribution in [0, 0.1) is 17.2 Å². The van der Waals surface area contributed by atoms with E-state index < -0.39 is 0 Å². The van der Waals surface area contributed by atoms with Crippen LogP contribution < -0.4 is 0 Å². The second kappa shape index (κ2) is 6.70. The lowest BCUT2D eigenvalue weighted by Crippen LogP contribution is -2.45. The summed E-state index contributed by atoms with van der Waals surface area (Å²) in [5.41, 5.74) is 1.23. The lowest BCUT2D eigenvalue weighted by atomic mass is 9.92. The van der Waals surface area contributed by atoms with Crippen LogP contribution in [0.2, 0.25) is 0 Å². The zero-order valence-electron chi connectivity index (χ0n) is 11.7. The lowest BCUT2D eigenvalue weighted by Gasteiger charge is -2.40. The summed E-state index contributed by atoms with van der Waals surface area (Å²) in [5.74, 6) is 0.597. The third kappa shape index (κ3) is 3.34. The van der Waals surface area contributed by atoms with Crippen molar-refractivity contribution in [2.45, 2.75) is 31.9 Å². The summed E-state index contributed by atoms with van der Waals surface area (Å²) >= 11 is 0. The molecule has 1 aliphatic rings. The second-order valence-corrected chi connectivity index (χ2v) is 5.32. The van der Waals surface area contributed by atoms with Crippen molar-refractivity contribution in [3.63, 3.8) is 0 Å². The predicted octanol–water partition coefficient (Wildman–Crippen LogP) is 3.00. The highest BCUT2D eigenvalue weighted by Gasteiger charge is 2.30. The van der Waals surface area contributed by atoms with Crippen molar-refractivity contribution in [3.8, 4) is 6.07 Å². The molecule has 1 saturated heterocycles. The number of likely N-dealkylation sites (tertiary alicyclic amines) is 1. The van der Waals surface area contributed by atoms with Gasteiger partial charge in [-0.3, -0.25) is 4.90 Å². The Morgan fingerprint density at radius 1 is 1.42 bits per heavy atom. The van der Waals surface area contributed by atoms with E-state index in [1.54, 1.807) is 7.11 Å². The first-order valence-corrected chi connectivity index (χ1v) is 6.95. The molecule has 3 atom stereocenters. The zero-order chi connectivity index (χ0) is 13.7. The number of nitrogens with zero attached hydrogens (tertiary/aromatic N) is 2. The van der Waals surface area contributed by atoms with Gasteiger partial charge in [0.05, 0.1) is 18.6 Å². The van der Waals surface area contributed by atoms with Crippen molar-refractivity contribution in [2.75, 3.05) is 20.2 Å². The fraction of sp³-hybridized carbons (Fsp3) is 0.562. The maximum Gasteiger partial charge on any atom is 0.0724 e. The number of methoxy groups -OCH3 is 1. The van der Waals surface area contributed by atoms with Crippen molar-refractivity contribution in [1.29, 1.82) is 5.26 Å². The minimum atomic E-state index is 0.191. The molecule has 1 fully saturated rings. The van der Waals surface area contributed by atoms with Crippen LogP contribution in [0.15, 0.2) is 30.3 Å². The van der Waals surface area contributed by atoms with E-state index in [1.165, 1.54) is 5.56 Å². The molecule has 2 rings (SSSR count). The molecule has 0 aromatic heterocycles. The maximum atomic E-state index is 9.10. The first-order valence-electron chi connectivity index (χ1n) is 6.95. The second-order valence-electron chi connectivity index (χ2n) is 5.32. The number of ether oxygens (including phenoxy) is 1. The van der Waals surface area contributed by atoms with Crippen LogP contribution >= 0.6 is 0 Å². The van der Waals surface area contributed by atoms with Crippen molar-refractivity contribution >= 4 is 0 Å². The van der Waals surface area contributed by atoms with Crippen LogP contribution in [0.1, 0.15) is 31.4 Å². The third-order valence-corrected chi connectivity index (χ3v) is 4.13. The molecule has 3 heteroatoms. The highest BCUT2D eigenvalue weighted by Crippen LogP contribution is 2.29. The number of piperidine rings is 1. The van der Waals surface area contributed by atoms with Crippen molar-refractivity contribution in [2.24, 2.45) is 5.92 Å². The van der Waals surface area contributed by atoms with E-state index in [4.69, 9.17) is 10.00 Å². The Labute approximate surface area is 115 Å². The SMILES string of the molecule is COC1CN(C(CC#N)c2ccccc2)CCC1C. The van der Waals surface area contributed by atoms with Gasteiger partial charge in [-0.05, 0) is 24.4 Å². The van der Waals surface area contributed by atoms with Crippen molar-refractivity contribution in [1.82, 2.24) is 4.90 Å². The fourth-order valence-electron chi connectivity index (χ4n) is 2.87. The van der Waals surface area contributed by atoms with Gasteiger partial charge in [0.25, 0.3) is 0 Å². The molecule has 0 radical (unpaired) electrons. The number of benzene rings is 1. The molecule has 1 aliphatic heterocycles. The van der Waals surface area contributed by atoms with Gasteiger partial charge in [-0.1, -0.05) is 37.3 Å². The Morgan fingerprint density at radius 2 is 2.16 bits per heavy atom. The maximum absolute atomic E-state index is 9.10. The van der Waals surface area contributed by atoms with Crippen LogP contribution in [0.5, 0.6) is 0 Å². The Hall–Kier alpha value is -1.37. The molecule has 1 aromatic rings. The quantitative estimate of drug-likeness (QED) is 0.833. The topological polar surface area (TPSA) is 36.3 Å². The fourth-order valence-corrected chi connectivity index (χ4v) is 2.87. The molecule has 1 heterocycles. The summed E-state index contributed by atoms with van der Waals surface area (Å²) in [6.07, 6.45) is 1.95. The van der Waals surface area contributed by atoms with E-state index in [0.29, 0.717) is 12.3 Å². The largest absolute Gasteiger partial charge is 0.380 e. The number of rotatable bonds is 4. The summed E-state index contributed by atoms with van der Waals surface area (Å²) in [7, 11) is 1.78. The molecule has 0 aliphatic carbocycles. The number of hydrogen-bond acceptors (Lipinski definition) is 3. The number of hydrogen-bond donors (Lipinski definition) is 0. The standard InChI is InChI=1S/C16H22N2O/c1-13-9-11-18(12-16(13)19-2)15(8-10-17)14-6-4-3-5-7-14/h3-7,13,15-16H,8-9,11-12H2,1-2H3. The van der Waals surface area contributed by atoms with Gasteiger partial charge < -0.3 is 4.74 Å². The van der Waals surface area contributed by atoms with Gasteiger partial charge in [0, 0.05) is 19.7 Å². The highest BCUT2D eigenvalue weighted by atomic mass is 16.5. The van der Waals surface area contributed by atoms with Gasteiger partial charge in [0.2, 0.25) is 0 Å². The monoisotopic (exact) mass is 258 g/mol. The van der Waals surface area contributed by atoms with Gasteiger partial charge in [0.15, 0.2) is 0 Å². The number of nitriles is 1. The predicted molar refractivity (Wildman–Crippen MR) is 75.6 cm³/mol. The van der Waals surface area contributed by atoms with E-state index in [2.05, 4.69) is 30.0 Å². The van der Waals surface area contributed by atoms with E-state index in [-0.39, 0.29) is 12.1 Å². The van der Waals surface area contributed by atoms with Crippen LogP contribution in [-0.2, 0) is 4.74 Å². The first-order chi connectivity index (χ1) is 9.26. The molecule has 3 unspecified atom stereocenters. The average molecular weight is 258 g/mol. The lowest BCUT2D eigenvalue weighted by molar-refractivity contribution is -0.0189. The molecule has 19 heavy (non-hydrogen) atoms. The normalized spacial score (nSPS) is 25.7. The molecule has 0 amide bonds. The average Bonchev–Trinajstić information content (AvgIpc) is 2.46. The van der Waals surface area contributed by atoms with Gasteiger partial charge in [-0.2, -0.15) is 5.26 Å². The van der Waals surface area contributed by atoms with Gasteiger partial charge in [-0.15, -0.1) is 0 Å². The third-order valence-electron chi connectivity index (χ3n) is 4.13. The van der Waals surface area contributed by atoms with E-state index in [0.717, 1.165) is 19.5 Å². The minimum absolute atomic E-state index is 0.191. The molecule has 1 aromatic carbocycles. The molecular formula is C16H22N2O. The Bertz CT molecular complexity index is 426. The van der Waals surface area contributed by atoms with Gasteiger partial charge >= 0.3 is 0 Å². The van der Waals surface area contributed by atoms with Crippen LogP contribution in [0.4, 0.5) is 0 Å². The Morgan fingerprint density at radius 3 is 2.79 bits per heavy atom.